The minimum atomic E-state index is -0.175. The number of hydrogen-bond acceptors (Lipinski definition) is 5. The van der Waals surface area contributed by atoms with E-state index < -0.39 is 0 Å². The van der Waals surface area contributed by atoms with Gasteiger partial charge in [-0.1, -0.05) is 30.3 Å². The molecule has 0 atom stereocenters. The van der Waals surface area contributed by atoms with E-state index in [4.69, 9.17) is 9.47 Å². The first-order valence-corrected chi connectivity index (χ1v) is 8.26. The molecule has 2 heterocycles. The lowest BCUT2D eigenvalue weighted by molar-refractivity contribution is 0.103. The number of carbonyl (C=O) groups excluding carboxylic acids is 1. The van der Waals surface area contributed by atoms with Crippen molar-refractivity contribution in [3.8, 4) is 22.1 Å². The van der Waals surface area contributed by atoms with Gasteiger partial charge in [-0.3, -0.25) is 4.79 Å². The van der Waals surface area contributed by atoms with Crippen molar-refractivity contribution in [1.82, 2.24) is 4.98 Å². The summed E-state index contributed by atoms with van der Waals surface area (Å²) < 4.78 is 10.6. The number of anilines is 1. The molecule has 0 bridgehead atoms. The zero-order chi connectivity index (χ0) is 16.5. The second-order valence-electron chi connectivity index (χ2n) is 5.32. The number of benzene rings is 2. The number of carbonyl (C=O) groups is 1. The van der Waals surface area contributed by atoms with E-state index in [-0.39, 0.29) is 12.7 Å². The maximum absolute atomic E-state index is 12.6. The van der Waals surface area contributed by atoms with Crippen LogP contribution in [0.4, 0.5) is 5.69 Å². The Labute approximate surface area is 142 Å². The van der Waals surface area contributed by atoms with Gasteiger partial charge in [0.25, 0.3) is 5.91 Å². The summed E-state index contributed by atoms with van der Waals surface area (Å²) in [6.45, 7) is 2.05. The molecular formula is C18H14N2O3S. The van der Waals surface area contributed by atoms with Gasteiger partial charge in [-0.05, 0) is 19.1 Å². The molecule has 24 heavy (non-hydrogen) atoms. The van der Waals surface area contributed by atoms with Crippen LogP contribution in [0, 0.1) is 6.92 Å². The van der Waals surface area contributed by atoms with Gasteiger partial charge in [0, 0.05) is 17.3 Å². The number of nitrogens with one attached hydrogen (secondary N) is 1. The Hall–Kier alpha value is -2.86. The second-order valence-corrected chi connectivity index (χ2v) is 6.32. The highest BCUT2D eigenvalue weighted by Gasteiger charge is 2.18. The second kappa shape index (κ2) is 5.98. The van der Waals surface area contributed by atoms with Crippen molar-refractivity contribution >= 4 is 22.9 Å². The van der Waals surface area contributed by atoms with E-state index in [2.05, 4.69) is 10.3 Å². The lowest BCUT2D eigenvalue weighted by Crippen LogP contribution is -2.11. The van der Waals surface area contributed by atoms with Crippen molar-refractivity contribution in [2.24, 2.45) is 0 Å². The Morgan fingerprint density at radius 2 is 1.92 bits per heavy atom. The molecule has 6 heteroatoms. The fraction of sp³-hybridized carbons (Fsp3) is 0.111. The summed E-state index contributed by atoms with van der Waals surface area (Å²) in [7, 11) is 0. The zero-order valence-corrected chi connectivity index (χ0v) is 13.7. The Balaban J connectivity index is 1.58. The van der Waals surface area contributed by atoms with E-state index in [1.807, 2.05) is 37.3 Å². The molecule has 1 aliphatic rings. The van der Waals surface area contributed by atoms with Crippen LogP contribution < -0.4 is 14.8 Å². The van der Waals surface area contributed by atoms with Crippen molar-refractivity contribution in [3.63, 3.8) is 0 Å². The Bertz CT molecular complexity index is 906. The third-order valence-electron chi connectivity index (χ3n) is 3.65. The van der Waals surface area contributed by atoms with E-state index in [1.54, 1.807) is 18.2 Å². The predicted molar refractivity (Wildman–Crippen MR) is 92.8 cm³/mol. The predicted octanol–water partition coefficient (Wildman–Crippen LogP) is 4.10. The van der Waals surface area contributed by atoms with Crippen LogP contribution >= 0.6 is 11.3 Å². The van der Waals surface area contributed by atoms with Gasteiger partial charge in [-0.2, -0.15) is 0 Å². The first kappa shape index (κ1) is 14.7. The van der Waals surface area contributed by atoms with Gasteiger partial charge in [0.05, 0.1) is 5.69 Å². The lowest BCUT2D eigenvalue weighted by Gasteiger charge is -2.05. The summed E-state index contributed by atoms with van der Waals surface area (Å²) in [5.41, 5.74) is 2.39. The van der Waals surface area contributed by atoms with Crippen molar-refractivity contribution in [3.05, 3.63) is 59.1 Å². The topological polar surface area (TPSA) is 60.5 Å². The average molecular weight is 338 g/mol. The van der Waals surface area contributed by atoms with Crippen LogP contribution in [0.3, 0.4) is 0 Å². The molecule has 5 nitrogen and oxygen atoms in total. The van der Waals surface area contributed by atoms with Crippen LogP contribution in [0.15, 0.2) is 48.5 Å². The summed E-state index contributed by atoms with van der Waals surface area (Å²) in [5, 5.41) is 3.73. The van der Waals surface area contributed by atoms with Crippen LogP contribution in [-0.2, 0) is 0 Å². The van der Waals surface area contributed by atoms with Crippen LogP contribution in [0.25, 0.3) is 10.6 Å². The highest BCUT2D eigenvalue weighted by atomic mass is 32.1. The maximum Gasteiger partial charge on any atom is 0.267 e. The zero-order valence-electron chi connectivity index (χ0n) is 12.9. The van der Waals surface area contributed by atoms with Crippen LogP contribution in [-0.4, -0.2) is 17.7 Å². The summed E-state index contributed by atoms with van der Waals surface area (Å²) in [6.07, 6.45) is 0. The minimum Gasteiger partial charge on any atom is -0.454 e. The van der Waals surface area contributed by atoms with Crippen LogP contribution in [0.5, 0.6) is 11.5 Å². The largest absolute Gasteiger partial charge is 0.454 e. The fourth-order valence-electron chi connectivity index (χ4n) is 2.47. The first-order chi connectivity index (χ1) is 11.7. The van der Waals surface area contributed by atoms with Crippen molar-refractivity contribution in [1.29, 1.82) is 0 Å². The molecule has 0 saturated heterocycles. The fourth-order valence-corrected chi connectivity index (χ4v) is 3.44. The molecule has 1 aromatic heterocycles. The summed E-state index contributed by atoms with van der Waals surface area (Å²) in [4.78, 5) is 17.7. The third kappa shape index (κ3) is 2.72. The molecule has 3 aromatic rings. The number of ether oxygens (including phenoxy) is 2. The Morgan fingerprint density at radius 3 is 2.75 bits per heavy atom. The highest BCUT2D eigenvalue weighted by Crippen LogP contribution is 2.35. The number of aryl methyl sites for hydroxylation is 1. The normalized spacial score (nSPS) is 12.2. The van der Waals surface area contributed by atoms with Gasteiger partial charge < -0.3 is 14.8 Å². The Kier molecular flexibility index (Phi) is 3.66. The Morgan fingerprint density at radius 1 is 1.12 bits per heavy atom. The molecule has 1 amide bonds. The van der Waals surface area contributed by atoms with Crippen molar-refractivity contribution < 1.29 is 14.3 Å². The highest BCUT2D eigenvalue weighted by molar-refractivity contribution is 7.17. The molecule has 1 N–H and O–H groups in total. The number of amides is 1. The van der Waals surface area contributed by atoms with Crippen molar-refractivity contribution in [2.45, 2.75) is 6.92 Å². The molecule has 1 aliphatic heterocycles. The number of nitrogens with zero attached hydrogens (tertiary/aromatic N) is 1. The summed E-state index contributed by atoms with van der Waals surface area (Å²) in [5.74, 6) is 1.15. The van der Waals surface area contributed by atoms with Gasteiger partial charge in [-0.25, -0.2) is 4.98 Å². The molecule has 0 saturated carbocycles. The van der Waals surface area contributed by atoms with Gasteiger partial charge in [-0.15, -0.1) is 11.3 Å². The maximum atomic E-state index is 12.6. The quantitative estimate of drug-likeness (QED) is 0.781. The molecule has 0 spiro atoms. The van der Waals surface area contributed by atoms with Gasteiger partial charge in [0.15, 0.2) is 11.5 Å². The number of aromatic nitrogens is 1. The van der Waals surface area contributed by atoms with E-state index >= 15 is 0 Å². The summed E-state index contributed by atoms with van der Waals surface area (Å²) >= 11 is 1.39. The number of thiazole rings is 1. The van der Waals surface area contributed by atoms with E-state index in [0.29, 0.717) is 22.1 Å². The lowest BCUT2D eigenvalue weighted by atomic mass is 10.2. The summed E-state index contributed by atoms with van der Waals surface area (Å²) in [6, 6.07) is 15.2. The van der Waals surface area contributed by atoms with Gasteiger partial charge in [0.1, 0.15) is 9.88 Å². The molecule has 0 fully saturated rings. The number of hydrogen-bond donors (Lipinski definition) is 1. The molecule has 0 unspecified atom stereocenters. The molecule has 4 rings (SSSR count). The number of rotatable bonds is 3. The first-order valence-electron chi connectivity index (χ1n) is 7.44. The third-order valence-corrected chi connectivity index (χ3v) is 4.86. The average Bonchev–Trinajstić information content (AvgIpc) is 3.21. The SMILES string of the molecule is Cc1nc(-c2ccccc2)sc1C(=O)Nc1ccc2c(c1)OCO2. The van der Waals surface area contributed by atoms with Crippen LogP contribution in [0.2, 0.25) is 0 Å². The monoisotopic (exact) mass is 338 g/mol. The minimum absolute atomic E-state index is 0.175. The van der Waals surface area contributed by atoms with Gasteiger partial charge in [0.2, 0.25) is 6.79 Å². The van der Waals surface area contributed by atoms with Gasteiger partial charge >= 0.3 is 0 Å². The standard InChI is InChI=1S/C18H14N2O3S/c1-11-16(24-18(19-11)12-5-3-2-4-6-12)17(21)20-13-7-8-14-15(9-13)23-10-22-14/h2-9H,10H2,1H3,(H,20,21). The molecule has 0 aliphatic carbocycles. The van der Waals surface area contributed by atoms with Crippen molar-refractivity contribution in [2.75, 3.05) is 12.1 Å². The molecular weight excluding hydrogens is 324 g/mol. The smallest absolute Gasteiger partial charge is 0.267 e. The molecule has 0 radical (unpaired) electrons. The van der Waals surface area contributed by atoms with Crippen LogP contribution in [0.1, 0.15) is 15.4 Å². The van der Waals surface area contributed by atoms with E-state index in [1.165, 1.54) is 11.3 Å². The number of fused-ring (bicyclic) bond motifs is 1. The molecule has 120 valence electrons. The van der Waals surface area contributed by atoms with E-state index in [9.17, 15) is 4.79 Å². The van der Waals surface area contributed by atoms with E-state index in [0.717, 1.165) is 16.3 Å². The molecule has 2 aromatic carbocycles.